The molecule has 19 heavy (non-hydrogen) atoms. The van der Waals surface area contributed by atoms with E-state index in [1.165, 1.54) is 24.0 Å². The molecular formula is C14H15ClN2O2. The summed E-state index contributed by atoms with van der Waals surface area (Å²) in [5.74, 6) is 2.38. The van der Waals surface area contributed by atoms with Crippen LogP contribution in [0.3, 0.4) is 0 Å². The van der Waals surface area contributed by atoms with Gasteiger partial charge in [0.15, 0.2) is 6.61 Å². The number of aromatic nitrogens is 2. The van der Waals surface area contributed by atoms with Crippen LogP contribution in [0.25, 0.3) is 0 Å². The molecule has 0 saturated heterocycles. The Kier molecular flexibility index (Phi) is 3.69. The molecule has 1 aromatic heterocycles. The fraction of sp³-hybridized carbons (Fsp3) is 0.429. The first kappa shape index (κ1) is 12.5. The maximum Gasteiger partial charge on any atom is 0.253 e. The number of aryl methyl sites for hydroxylation is 3. The van der Waals surface area contributed by atoms with E-state index in [4.69, 9.17) is 20.8 Å². The zero-order valence-corrected chi connectivity index (χ0v) is 11.3. The molecule has 0 unspecified atom stereocenters. The molecule has 5 heteroatoms. The Balaban J connectivity index is 1.62. The van der Waals surface area contributed by atoms with Gasteiger partial charge in [-0.3, -0.25) is 0 Å². The fourth-order valence-corrected chi connectivity index (χ4v) is 2.47. The van der Waals surface area contributed by atoms with Crippen LogP contribution in [0.2, 0.25) is 0 Å². The van der Waals surface area contributed by atoms with E-state index in [0.717, 1.165) is 12.2 Å². The first-order valence-electron chi connectivity index (χ1n) is 6.47. The summed E-state index contributed by atoms with van der Waals surface area (Å²) in [4.78, 5) is 0. The van der Waals surface area contributed by atoms with Gasteiger partial charge in [-0.25, -0.2) is 0 Å². The van der Waals surface area contributed by atoms with Gasteiger partial charge >= 0.3 is 0 Å². The molecule has 0 radical (unpaired) electrons. The highest BCUT2D eigenvalue weighted by atomic mass is 35.5. The number of nitrogens with zero attached hydrogens (tertiary/aromatic N) is 2. The minimum absolute atomic E-state index is 0.300. The zero-order chi connectivity index (χ0) is 13.1. The Bertz CT molecular complexity index is 568. The molecule has 3 rings (SSSR count). The van der Waals surface area contributed by atoms with Crippen LogP contribution in [0.4, 0.5) is 0 Å². The van der Waals surface area contributed by atoms with Crippen LogP contribution in [0, 0.1) is 0 Å². The summed E-state index contributed by atoms with van der Waals surface area (Å²) >= 11 is 5.61. The predicted molar refractivity (Wildman–Crippen MR) is 71.5 cm³/mol. The van der Waals surface area contributed by atoms with Gasteiger partial charge in [0, 0.05) is 12.3 Å². The topological polar surface area (TPSA) is 48.2 Å². The van der Waals surface area contributed by atoms with E-state index in [9.17, 15) is 0 Å². The number of benzene rings is 1. The second-order valence-electron chi connectivity index (χ2n) is 4.60. The molecule has 0 aliphatic heterocycles. The van der Waals surface area contributed by atoms with E-state index >= 15 is 0 Å². The van der Waals surface area contributed by atoms with E-state index in [0.29, 0.717) is 30.7 Å². The summed E-state index contributed by atoms with van der Waals surface area (Å²) < 4.78 is 11.1. The number of rotatable bonds is 5. The Labute approximate surface area is 116 Å². The van der Waals surface area contributed by atoms with Gasteiger partial charge < -0.3 is 9.15 Å². The van der Waals surface area contributed by atoms with Crippen molar-refractivity contribution in [2.75, 3.05) is 5.88 Å². The van der Waals surface area contributed by atoms with Crippen LogP contribution in [0.15, 0.2) is 22.6 Å². The predicted octanol–water partition coefficient (Wildman–Crippen LogP) is 2.92. The van der Waals surface area contributed by atoms with Gasteiger partial charge in [0.1, 0.15) is 5.75 Å². The van der Waals surface area contributed by atoms with Crippen molar-refractivity contribution in [3.05, 3.63) is 41.1 Å². The lowest BCUT2D eigenvalue weighted by Gasteiger charge is -2.05. The first-order chi connectivity index (χ1) is 9.35. The number of hydrogen-bond acceptors (Lipinski definition) is 4. The Morgan fingerprint density at radius 2 is 2.00 bits per heavy atom. The van der Waals surface area contributed by atoms with Gasteiger partial charge in [0.25, 0.3) is 5.89 Å². The standard InChI is InChI=1S/C14H15ClN2O2/c15-7-6-13-16-17-14(19-13)9-18-12-5-4-10-2-1-3-11(10)8-12/h4-5,8H,1-3,6-7,9H2. The minimum atomic E-state index is 0.300. The molecule has 2 aromatic rings. The highest BCUT2D eigenvalue weighted by molar-refractivity contribution is 6.17. The van der Waals surface area contributed by atoms with Crippen molar-refractivity contribution >= 4 is 11.6 Å². The molecule has 1 aromatic carbocycles. The van der Waals surface area contributed by atoms with Gasteiger partial charge in [-0.05, 0) is 42.5 Å². The summed E-state index contributed by atoms with van der Waals surface area (Å²) in [5.41, 5.74) is 2.83. The van der Waals surface area contributed by atoms with E-state index in [-0.39, 0.29) is 0 Å². The molecule has 0 N–H and O–H groups in total. The van der Waals surface area contributed by atoms with E-state index in [1.807, 2.05) is 6.07 Å². The van der Waals surface area contributed by atoms with Crippen LogP contribution < -0.4 is 4.74 Å². The number of ether oxygens (including phenoxy) is 1. The average Bonchev–Trinajstić information content (AvgIpc) is 3.04. The van der Waals surface area contributed by atoms with Crippen LogP contribution in [0.1, 0.15) is 29.3 Å². The maximum absolute atomic E-state index is 5.68. The second-order valence-corrected chi connectivity index (χ2v) is 4.98. The lowest BCUT2D eigenvalue weighted by atomic mass is 10.1. The van der Waals surface area contributed by atoms with E-state index in [2.05, 4.69) is 22.3 Å². The van der Waals surface area contributed by atoms with Crippen molar-refractivity contribution in [2.45, 2.75) is 32.3 Å². The molecule has 4 nitrogen and oxygen atoms in total. The number of alkyl halides is 1. The normalized spacial score (nSPS) is 13.5. The summed E-state index contributed by atoms with van der Waals surface area (Å²) in [7, 11) is 0. The van der Waals surface area contributed by atoms with Gasteiger partial charge in [-0.15, -0.1) is 21.8 Å². The van der Waals surface area contributed by atoms with Gasteiger partial charge in [-0.2, -0.15) is 0 Å². The number of halogens is 1. The van der Waals surface area contributed by atoms with Crippen molar-refractivity contribution < 1.29 is 9.15 Å². The van der Waals surface area contributed by atoms with Gasteiger partial charge in [0.05, 0.1) is 0 Å². The monoisotopic (exact) mass is 278 g/mol. The van der Waals surface area contributed by atoms with E-state index < -0.39 is 0 Å². The third kappa shape index (κ3) is 2.89. The summed E-state index contributed by atoms with van der Waals surface area (Å²) in [6, 6.07) is 6.25. The van der Waals surface area contributed by atoms with E-state index in [1.54, 1.807) is 0 Å². The molecule has 0 atom stereocenters. The quantitative estimate of drug-likeness (QED) is 0.789. The maximum atomic E-state index is 5.68. The zero-order valence-electron chi connectivity index (χ0n) is 10.6. The highest BCUT2D eigenvalue weighted by Crippen LogP contribution is 2.26. The molecule has 1 heterocycles. The van der Waals surface area contributed by atoms with Crippen LogP contribution in [-0.4, -0.2) is 16.1 Å². The van der Waals surface area contributed by atoms with Crippen molar-refractivity contribution in [1.82, 2.24) is 10.2 Å². The average molecular weight is 279 g/mol. The molecule has 1 aliphatic rings. The number of fused-ring (bicyclic) bond motifs is 1. The van der Waals surface area contributed by atoms with Crippen molar-refractivity contribution in [3.63, 3.8) is 0 Å². The van der Waals surface area contributed by atoms with Crippen molar-refractivity contribution in [3.8, 4) is 5.75 Å². The largest absolute Gasteiger partial charge is 0.484 e. The van der Waals surface area contributed by atoms with Gasteiger partial charge in [-0.1, -0.05) is 6.07 Å². The Hall–Kier alpha value is -1.55. The molecule has 0 amide bonds. The van der Waals surface area contributed by atoms with Crippen LogP contribution in [0.5, 0.6) is 5.75 Å². The molecule has 0 saturated carbocycles. The summed E-state index contributed by atoms with van der Waals surface area (Å²) in [5, 5.41) is 7.82. The molecular weight excluding hydrogens is 264 g/mol. The summed E-state index contributed by atoms with van der Waals surface area (Å²) in [6.45, 7) is 0.300. The fourth-order valence-electron chi connectivity index (χ4n) is 2.31. The SMILES string of the molecule is ClCCc1nnc(COc2ccc3c(c2)CCC3)o1. The first-order valence-corrected chi connectivity index (χ1v) is 7.00. The Morgan fingerprint density at radius 1 is 1.16 bits per heavy atom. The molecule has 1 aliphatic carbocycles. The highest BCUT2D eigenvalue weighted by Gasteiger charge is 2.12. The smallest absolute Gasteiger partial charge is 0.253 e. The third-order valence-electron chi connectivity index (χ3n) is 3.25. The molecule has 0 fully saturated rings. The molecule has 100 valence electrons. The Morgan fingerprint density at radius 3 is 2.89 bits per heavy atom. The summed E-state index contributed by atoms with van der Waals surface area (Å²) in [6.07, 6.45) is 4.16. The third-order valence-corrected chi connectivity index (χ3v) is 3.44. The van der Waals surface area contributed by atoms with Crippen LogP contribution >= 0.6 is 11.6 Å². The second kappa shape index (κ2) is 5.61. The number of hydrogen-bond donors (Lipinski definition) is 0. The van der Waals surface area contributed by atoms with Crippen molar-refractivity contribution in [2.24, 2.45) is 0 Å². The molecule has 0 bridgehead atoms. The minimum Gasteiger partial charge on any atom is -0.484 e. The lowest BCUT2D eigenvalue weighted by Crippen LogP contribution is -1.96. The lowest BCUT2D eigenvalue weighted by molar-refractivity contribution is 0.259. The molecule has 0 spiro atoms. The van der Waals surface area contributed by atoms with Crippen LogP contribution in [-0.2, 0) is 25.9 Å². The van der Waals surface area contributed by atoms with Gasteiger partial charge in [0.2, 0.25) is 5.89 Å². The van der Waals surface area contributed by atoms with Crippen molar-refractivity contribution in [1.29, 1.82) is 0 Å².